The first-order chi connectivity index (χ1) is 7.99. The molecule has 2 rings (SSSR count). The van der Waals surface area contributed by atoms with Crippen LogP contribution < -0.4 is 5.32 Å². The van der Waals surface area contributed by atoms with Gasteiger partial charge in [-0.2, -0.15) is 0 Å². The summed E-state index contributed by atoms with van der Waals surface area (Å²) in [5.41, 5.74) is 0.556. The van der Waals surface area contributed by atoms with Crippen molar-refractivity contribution in [2.24, 2.45) is 0 Å². The molecule has 4 heteroatoms. The molecule has 1 N–H and O–H groups in total. The molecule has 1 heterocycles. The molecule has 1 fully saturated rings. The predicted octanol–water partition coefficient (Wildman–Crippen LogP) is 2.15. The minimum absolute atomic E-state index is 0.000917. The molecular formula is C13H18F2N2. The first kappa shape index (κ1) is 12.5. The summed E-state index contributed by atoms with van der Waals surface area (Å²) >= 11 is 0. The van der Waals surface area contributed by atoms with E-state index in [1.807, 2.05) is 0 Å². The van der Waals surface area contributed by atoms with Crippen LogP contribution in [0.5, 0.6) is 0 Å². The summed E-state index contributed by atoms with van der Waals surface area (Å²) < 4.78 is 26.4. The van der Waals surface area contributed by atoms with Crippen LogP contribution in [0.3, 0.4) is 0 Å². The number of nitrogens with one attached hydrogen (secondary N) is 1. The van der Waals surface area contributed by atoms with Gasteiger partial charge in [-0.05, 0) is 19.9 Å². The van der Waals surface area contributed by atoms with Gasteiger partial charge < -0.3 is 5.32 Å². The average molecular weight is 240 g/mol. The fourth-order valence-electron chi connectivity index (χ4n) is 2.17. The van der Waals surface area contributed by atoms with Gasteiger partial charge in [0.05, 0.1) is 0 Å². The highest BCUT2D eigenvalue weighted by Gasteiger charge is 2.29. The Kier molecular flexibility index (Phi) is 3.45. The molecule has 2 nitrogen and oxygen atoms in total. The second kappa shape index (κ2) is 4.70. The van der Waals surface area contributed by atoms with Crippen LogP contribution in [0.2, 0.25) is 0 Å². The maximum Gasteiger partial charge on any atom is 0.130 e. The predicted molar refractivity (Wildman–Crippen MR) is 63.7 cm³/mol. The van der Waals surface area contributed by atoms with Crippen LogP contribution in [0, 0.1) is 11.6 Å². The molecule has 0 unspecified atom stereocenters. The third-order valence-corrected chi connectivity index (χ3v) is 3.35. The Hall–Kier alpha value is -1.00. The van der Waals surface area contributed by atoms with E-state index in [1.54, 1.807) is 0 Å². The van der Waals surface area contributed by atoms with Gasteiger partial charge in [-0.3, -0.25) is 4.90 Å². The molecule has 0 atom stereocenters. The van der Waals surface area contributed by atoms with E-state index < -0.39 is 11.6 Å². The number of nitrogens with zero attached hydrogens (tertiary/aromatic N) is 1. The Balaban J connectivity index is 2.14. The first-order valence-corrected chi connectivity index (χ1v) is 5.89. The molecule has 0 saturated carbocycles. The Morgan fingerprint density at radius 2 is 2.12 bits per heavy atom. The van der Waals surface area contributed by atoms with Gasteiger partial charge >= 0.3 is 0 Å². The Bertz CT molecular complexity index is 404. The van der Waals surface area contributed by atoms with Gasteiger partial charge in [-0.25, -0.2) is 8.78 Å². The number of benzene rings is 1. The molecule has 1 saturated heterocycles. The van der Waals surface area contributed by atoms with Crippen LogP contribution in [-0.2, 0) is 6.54 Å². The summed E-state index contributed by atoms with van der Waals surface area (Å²) in [5.74, 6) is -0.981. The van der Waals surface area contributed by atoms with Crippen molar-refractivity contribution in [2.45, 2.75) is 25.9 Å². The molecule has 1 aromatic rings. The lowest BCUT2D eigenvalue weighted by molar-refractivity contribution is 0.0815. The summed E-state index contributed by atoms with van der Waals surface area (Å²) in [6.45, 7) is 7.45. The van der Waals surface area contributed by atoms with E-state index in [0.29, 0.717) is 12.1 Å². The van der Waals surface area contributed by atoms with Crippen LogP contribution >= 0.6 is 0 Å². The molecule has 0 radical (unpaired) electrons. The fraction of sp³-hybridized carbons (Fsp3) is 0.538. The SMILES string of the molecule is CC1(C)CNCCN1Cc1ccc(F)cc1F. The van der Waals surface area contributed by atoms with Crippen molar-refractivity contribution in [3.05, 3.63) is 35.4 Å². The Morgan fingerprint density at radius 3 is 2.76 bits per heavy atom. The third kappa shape index (κ3) is 2.82. The molecule has 0 aliphatic carbocycles. The van der Waals surface area contributed by atoms with Gasteiger partial charge in [-0.1, -0.05) is 6.07 Å². The van der Waals surface area contributed by atoms with E-state index >= 15 is 0 Å². The van der Waals surface area contributed by atoms with Crippen LogP contribution in [-0.4, -0.2) is 30.1 Å². The Morgan fingerprint density at radius 1 is 1.35 bits per heavy atom. The molecule has 1 aliphatic rings. The summed E-state index contributed by atoms with van der Waals surface area (Å²) in [6, 6.07) is 3.79. The lowest BCUT2D eigenvalue weighted by atomic mass is 9.99. The van der Waals surface area contributed by atoms with E-state index in [-0.39, 0.29) is 5.54 Å². The second-order valence-corrected chi connectivity index (χ2v) is 5.15. The topological polar surface area (TPSA) is 15.3 Å². The summed E-state index contributed by atoms with van der Waals surface area (Å²) in [4.78, 5) is 2.22. The van der Waals surface area contributed by atoms with Crippen molar-refractivity contribution in [3.8, 4) is 0 Å². The monoisotopic (exact) mass is 240 g/mol. The van der Waals surface area contributed by atoms with Crippen molar-refractivity contribution in [1.29, 1.82) is 0 Å². The average Bonchev–Trinajstić information content (AvgIpc) is 2.24. The molecule has 1 aromatic carbocycles. The van der Waals surface area contributed by atoms with Crippen molar-refractivity contribution in [3.63, 3.8) is 0 Å². The smallest absolute Gasteiger partial charge is 0.130 e. The minimum Gasteiger partial charge on any atom is -0.314 e. The van der Waals surface area contributed by atoms with Crippen LogP contribution in [0.4, 0.5) is 8.78 Å². The largest absolute Gasteiger partial charge is 0.314 e. The third-order valence-electron chi connectivity index (χ3n) is 3.35. The zero-order valence-corrected chi connectivity index (χ0v) is 10.3. The minimum atomic E-state index is -0.522. The van der Waals surface area contributed by atoms with Gasteiger partial charge in [0.1, 0.15) is 11.6 Å². The highest BCUT2D eigenvalue weighted by Crippen LogP contribution is 2.21. The molecule has 0 amide bonds. The van der Waals surface area contributed by atoms with Crippen molar-refractivity contribution in [2.75, 3.05) is 19.6 Å². The highest BCUT2D eigenvalue weighted by atomic mass is 19.1. The molecule has 0 aromatic heterocycles. The lowest BCUT2D eigenvalue weighted by Crippen LogP contribution is -2.57. The number of hydrogen-bond acceptors (Lipinski definition) is 2. The number of rotatable bonds is 2. The molecule has 94 valence electrons. The highest BCUT2D eigenvalue weighted by molar-refractivity contribution is 5.19. The van der Waals surface area contributed by atoms with Crippen molar-refractivity contribution in [1.82, 2.24) is 10.2 Å². The molecule has 17 heavy (non-hydrogen) atoms. The molecule has 0 spiro atoms. The molecular weight excluding hydrogens is 222 g/mol. The maximum atomic E-state index is 13.6. The van der Waals surface area contributed by atoms with Gasteiger partial charge in [-0.15, -0.1) is 0 Å². The standard InChI is InChI=1S/C13H18F2N2/c1-13(2)9-16-5-6-17(13)8-10-3-4-11(14)7-12(10)15/h3-4,7,16H,5-6,8-9H2,1-2H3. The fourth-order valence-corrected chi connectivity index (χ4v) is 2.17. The normalized spacial score (nSPS) is 20.5. The Labute approximate surface area is 101 Å². The van der Waals surface area contributed by atoms with Crippen molar-refractivity contribution < 1.29 is 8.78 Å². The summed E-state index contributed by atoms with van der Waals surface area (Å²) in [7, 11) is 0. The van der Waals surface area contributed by atoms with Gasteiger partial charge in [0.25, 0.3) is 0 Å². The van der Waals surface area contributed by atoms with Crippen LogP contribution in [0.1, 0.15) is 19.4 Å². The number of piperazine rings is 1. The van der Waals surface area contributed by atoms with E-state index in [2.05, 4.69) is 24.1 Å². The molecule has 1 aliphatic heterocycles. The number of hydrogen-bond donors (Lipinski definition) is 1. The van der Waals surface area contributed by atoms with Gasteiger partial charge in [0.15, 0.2) is 0 Å². The maximum absolute atomic E-state index is 13.6. The zero-order chi connectivity index (χ0) is 12.5. The van der Waals surface area contributed by atoms with E-state index in [9.17, 15) is 8.78 Å². The van der Waals surface area contributed by atoms with E-state index in [4.69, 9.17) is 0 Å². The van der Waals surface area contributed by atoms with E-state index in [1.165, 1.54) is 12.1 Å². The number of halogens is 2. The first-order valence-electron chi connectivity index (χ1n) is 5.89. The van der Waals surface area contributed by atoms with Crippen LogP contribution in [0.15, 0.2) is 18.2 Å². The quantitative estimate of drug-likeness (QED) is 0.852. The van der Waals surface area contributed by atoms with Crippen LogP contribution in [0.25, 0.3) is 0 Å². The lowest BCUT2D eigenvalue weighted by Gasteiger charge is -2.42. The van der Waals surface area contributed by atoms with E-state index in [0.717, 1.165) is 25.7 Å². The zero-order valence-electron chi connectivity index (χ0n) is 10.3. The summed E-state index contributed by atoms with van der Waals surface area (Å²) in [5, 5.41) is 3.32. The van der Waals surface area contributed by atoms with Gasteiger partial charge in [0.2, 0.25) is 0 Å². The summed E-state index contributed by atoms with van der Waals surface area (Å²) in [6.07, 6.45) is 0. The second-order valence-electron chi connectivity index (χ2n) is 5.15. The molecule has 0 bridgehead atoms. The van der Waals surface area contributed by atoms with Gasteiger partial charge in [0, 0.05) is 43.3 Å². The van der Waals surface area contributed by atoms with Crippen molar-refractivity contribution >= 4 is 0 Å².